The molecule has 1 aromatic carbocycles. The number of primary amides is 1. The van der Waals surface area contributed by atoms with Crippen LogP contribution < -0.4 is 16.8 Å². The van der Waals surface area contributed by atoms with Gasteiger partial charge in [0.05, 0.1) is 16.9 Å². The van der Waals surface area contributed by atoms with E-state index < -0.39 is 12.0 Å². The number of carbonyl (C=O) groups is 2. The molecular formula is C8H9N3O3. The van der Waals surface area contributed by atoms with E-state index >= 15 is 0 Å². The van der Waals surface area contributed by atoms with Crippen LogP contribution in [0, 0.1) is 0 Å². The number of nitrogens with one attached hydrogen (secondary N) is 1. The number of carbonyl (C=O) groups excluding carboxylic acids is 1. The second kappa shape index (κ2) is 3.65. The van der Waals surface area contributed by atoms with Gasteiger partial charge in [-0.05, 0) is 12.1 Å². The molecule has 0 saturated heterocycles. The SMILES string of the molecule is NC(=O)Nc1cccc(C(=O)O)c1N. The quantitative estimate of drug-likeness (QED) is 0.512. The molecule has 0 bridgehead atoms. The topological polar surface area (TPSA) is 118 Å². The summed E-state index contributed by atoms with van der Waals surface area (Å²) >= 11 is 0. The van der Waals surface area contributed by atoms with Gasteiger partial charge >= 0.3 is 12.0 Å². The van der Waals surface area contributed by atoms with E-state index in [2.05, 4.69) is 5.32 Å². The number of carboxylic acids is 1. The lowest BCUT2D eigenvalue weighted by atomic mass is 10.1. The van der Waals surface area contributed by atoms with Crippen LogP contribution in [0.5, 0.6) is 0 Å². The zero-order valence-electron chi connectivity index (χ0n) is 7.15. The molecule has 0 aliphatic heterocycles. The minimum absolute atomic E-state index is 0.0150. The number of para-hydroxylation sites is 1. The molecule has 0 saturated carbocycles. The molecule has 6 heteroatoms. The minimum Gasteiger partial charge on any atom is -0.478 e. The van der Waals surface area contributed by atoms with Gasteiger partial charge in [0.2, 0.25) is 0 Å². The van der Waals surface area contributed by atoms with Crippen molar-refractivity contribution < 1.29 is 14.7 Å². The number of benzene rings is 1. The Bertz CT molecular complexity index is 389. The molecule has 6 N–H and O–H groups in total. The Kier molecular flexibility index (Phi) is 2.57. The molecule has 1 aromatic rings. The number of hydrogen-bond donors (Lipinski definition) is 4. The molecule has 0 fully saturated rings. The lowest BCUT2D eigenvalue weighted by Crippen LogP contribution is -2.20. The van der Waals surface area contributed by atoms with E-state index in [0.717, 1.165) is 0 Å². The lowest BCUT2D eigenvalue weighted by molar-refractivity contribution is 0.0698. The summed E-state index contributed by atoms with van der Waals surface area (Å²) in [5, 5.41) is 10.9. The van der Waals surface area contributed by atoms with E-state index in [0.29, 0.717) is 0 Å². The number of urea groups is 1. The van der Waals surface area contributed by atoms with Crippen LogP contribution in [-0.2, 0) is 0 Å². The number of anilines is 2. The molecule has 0 aliphatic rings. The monoisotopic (exact) mass is 195 g/mol. The van der Waals surface area contributed by atoms with Crippen molar-refractivity contribution in [3.8, 4) is 0 Å². The number of aromatic carboxylic acids is 1. The highest BCUT2D eigenvalue weighted by molar-refractivity contribution is 6.00. The second-order valence-corrected chi connectivity index (χ2v) is 2.56. The Hall–Kier alpha value is -2.24. The van der Waals surface area contributed by atoms with Crippen LogP contribution in [-0.4, -0.2) is 17.1 Å². The van der Waals surface area contributed by atoms with Crippen molar-refractivity contribution in [2.45, 2.75) is 0 Å². The fourth-order valence-corrected chi connectivity index (χ4v) is 0.993. The van der Waals surface area contributed by atoms with Crippen LogP contribution in [0.15, 0.2) is 18.2 Å². The van der Waals surface area contributed by atoms with Crippen LogP contribution in [0.4, 0.5) is 16.2 Å². The average molecular weight is 195 g/mol. The summed E-state index contributed by atoms with van der Waals surface area (Å²) in [4.78, 5) is 21.1. The molecule has 6 nitrogen and oxygen atoms in total. The number of rotatable bonds is 2. The van der Waals surface area contributed by atoms with E-state index in [1.165, 1.54) is 18.2 Å². The zero-order chi connectivity index (χ0) is 10.7. The van der Waals surface area contributed by atoms with Crippen LogP contribution in [0.3, 0.4) is 0 Å². The van der Waals surface area contributed by atoms with E-state index in [-0.39, 0.29) is 16.9 Å². The molecule has 0 aliphatic carbocycles. The van der Waals surface area contributed by atoms with Gasteiger partial charge < -0.3 is 21.9 Å². The van der Waals surface area contributed by atoms with Crippen molar-refractivity contribution in [3.05, 3.63) is 23.8 Å². The number of hydrogen-bond acceptors (Lipinski definition) is 3. The fourth-order valence-electron chi connectivity index (χ4n) is 0.993. The Labute approximate surface area is 79.5 Å². The van der Waals surface area contributed by atoms with E-state index in [4.69, 9.17) is 16.6 Å². The van der Waals surface area contributed by atoms with Crippen LogP contribution in [0.25, 0.3) is 0 Å². The molecular weight excluding hydrogens is 186 g/mol. The fraction of sp³-hybridized carbons (Fsp3) is 0. The molecule has 14 heavy (non-hydrogen) atoms. The molecule has 2 amide bonds. The third-order valence-electron chi connectivity index (χ3n) is 1.59. The van der Waals surface area contributed by atoms with Gasteiger partial charge in [-0.15, -0.1) is 0 Å². The first-order valence-electron chi connectivity index (χ1n) is 3.70. The molecule has 0 unspecified atom stereocenters. The highest BCUT2D eigenvalue weighted by Crippen LogP contribution is 2.22. The predicted molar refractivity (Wildman–Crippen MR) is 51.0 cm³/mol. The molecule has 0 heterocycles. The molecule has 0 aromatic heterocycles. The Morgan fingerprint density at radius 3 is 2.50 bits per heavy atom. The Morgan fingerprint density at radius 2 is 2.00 bits per heavy atom. The van der Waals surface area contributed by atoms with E-state index in [1.54, 1.807) is 0 Å². The normalized spacial score (nSPS) is 9.43. The first-order chi connectivity index (χ1) is 6.52. The van der Waals surface area contributed by atoms with Crippen molar-refractivity contribution in [2.75, 3.05) is 11.1 Å². The van der Waals surface area contributed by atoms with Crippen LogP contribution in [0.2, 0.25) is 0 Å². The molecule has 1 rings (SSSR count). The van der Waals surface area contributed by atoms with Gasteiger partial charge in [0, 0.05) is 0 Å². The maximum Gasteiger partial charge on any atom is 0.337 e. The standard InChI is InChI=1S/C8H9N3O3/c9-6-4(7(12)13)2-1-3-5(6)11-8(10)14/h1-3H,9H2,(H,12,13)(H3,10,11,14). The largest absolute Gasteiger partial charge is 0.478 e. The average Bonchev–Trinajstić information content (AvgIpc) is 2.07. The highest BCUT2D eigenvalue weighted by Gasteiger charge is 2.11. The first kappa shape index (κ1) is 9.85. The van der Waals surface area contributed by atoms with Crippen molar-refractivity contribution in [1.29, 1.82) is 0 Å². The van der Waals surface area contributed by atoms with E-state index in [1.807, 2.05) is 0 Å². The molecule has 0 spiro atoms. The van der Waals surface area contributed by atoms with Gasteiger partial charge in [-0.3, -0.25) is 0 Å². The van der Waals surface area contributed by atoms with Gasteiger partial charge in [0.25, 0.3) is 0 Å². The maximum atomic E-state index is 10.6. The van der Waals surface area contributed by atoms with Crippen molar-refractivity contribution in [2.24, 2.45) is 5.73 Å². The van der Waals surface area contributed by atoms with E-state index in [9.17, 15) is 9.59 Å². The van der Waals surface area contributed by atoms with Crippen LogP contribution in [0.1, 0.15) is 10.4 Å². The number of amides is 2. The number of carboxylic acid groups (broad SMARTS) is 1. The summed E-state index contributed by atoms with van der Waals surface area (Å²) in [5.41, 5.74) is 10.5. The highest BCUT2D eigenvalue weighted by atomic mass is 16.4. The van der Waals surface area contributed by atoms with Gasteiger partial charge in [0.1, 0.15) is 0 Å². The summed E-state index contributed by atoms with van der Waals surface area (Å²) < 4.78 is 0. The minimum atomic E-state index is -1.16. The van der Waals surface area contributed by atoms with Gasteiger partial charge in [-0.2, -0.15) is 0 Å². The van der Waals surface area contributed by atoms with Crippen molar-refractivity contribution in [3.63, 3.8) is 0 Å². The summed E-state index contributed by atoms with van der Waals surface area (Å²) in [6.45, 7) is 0. The lowest BCUT2D eigenvalue weighted by Gasteiger charge is -2.07. The number of nitrogens with two attached hydrogens (primary N) is 2. The maximum absolute atomic E-state index is 10.6. The Balaban J connectivity index is 3.13. The second-order valence-electron chi connectivity index (χ2n) is 2.56. The summed E-state index contributed by atoms with van der Waals surface area (Å²) in [6, 6.07) is 3.47. The molecule has 74 valence electrons. The van der Waals surface area contributed by atoms with Gasteiger partial charge in [-0.25, -0.2) is 9.59 Å². The van der Waals surface area contributed by atoms with Crippen molar-refractivity contribution in [1.82, 2.24) is 0 Å². The molecule has 0 radical (unpaired) electrons. The summed E-state index contributed by atoms with van der Waals surface area (Å²) in [5.74, 6) is -1.16. The smallest absolute Gasteiger partial charge is 0.337 e. The zero-order valence-corrected chi connectivity index (χ0v) is 7.15. The number of nitrogen functional groups attached to an aromatic ring is 1. The van der Waals surface area contributed by atoms with Crippen LogP contribution >= 0.6 is 0 Å². The summed E-state index contributed by atoms with van der Waals surface area (Å²) in [7, 11) is 0. The predicted octanol–water partition coefficient (Wildman–Crippen LogP) is 0.458. The van der Waals surface area contributed by atoms with Crippen molar-refractivity contribution >= 4 is 23.4 Å². The molecule has 0 atom stereocenters. The first-order valence-corrected chi connectivity index (χ1v) is 3.70. The Morgan fingerprint density at radius 1 is 1.36 bits per heavy atom. The van der Waals surface area contributed by atoms with Gasteiger partial charge in [0.15, 0.2) is 0 Å². The third-order valence-corrected chi connectivity index (χ3v) is 1.59. The summed E-state index contributed by atoms with van der Waals surface area (Å²) in [6.07, 6.45) is 0. The van der Waals surface area contributed by atoms with Gasteiger partial charge in [-0.1, -0.05) is 6.07 Å². The third kappa shape index (κ3) is 1.92.